The van der Waals surface area contributed by atoms with Gasteiger partial charge < -0.3 is 4.74 Å². The summed E-state index contributed by atoms with van der Waals surface area (Å²) in [4.78, 5) is 15.1. The minimum Gasteiger partial charge on any atom is -0.462 e. The Morgan fingerprint density at radius 2 is 2.39 bits per heavy atom. The van der Waals surface area contributed by atoms with Crippen molar-refractivity contribution in [1.82, 2.24) is 4.98 Å². The largest absolute Gasteiger partial charge is 0.462 e. The van der Waals surface area contributed by atoms with E-state index in [-0.39, 0.29) is 5.56 Å². The Morgan fingerprint density at radius 1 is 1.56 bits per heavy atom. The number of hydrogen-bond acceptors (Lipinski definition) is 3. The lowest BCUT2D eigenvalue weighted by Crippen LogP contribution is -2.20. The van der Waals surface area contributed by atoms with Gasteiger partial charge >= 0.3 is 5.97 Å². The van der Waals surface area contributed by atoms with Crippen molar-refractivity contribution in [2.24, 2.45) is 11.8 Å². The van der Waals surface area contributed by atoms with Crippen LogP contribution in [-0.4, -0.2) is 17.6 Å². The summed E-state index contributed by atoms with van der Waals surface area (Å²) in [5.74, 6) is 0.0375. The maximum Gasteiger partial charge on any atom is 0.338 e. The molecule has 18 heavy (non-hydrogen) atoms. The average Bonchev–Trinajstić information content (AvgIpc) is 2.36. The number of esters is 1. The van der Waals surface area contributed by atoms with Crippen LogP contribution in [0.4, 0.5) is 4.39 Å². The maximum absolute atomic E-state index is 12.9. The van der Waals surface area contributed by atoms with Gasteiger partial charge in [-0.15, -0.1) is 0 Å². The molecule has 1 heterocycles. The summed E-state index contributed by atoms with van der Waals surface area (Å²) in [6, 6.07) is 2.57. The maximum atomic E-state index is 12.9. The number of nitrogens with zero attached hydrogens (tertiary/aromatic N) is 1. The van der Waals surface area contributed by atoms with Gasteiger partial charge in [0.05, 0.1) is 12.2 Å². The van der Waals surface area contributed by atoms with Crippen LogP contribution >= 0.6 is 0 Å². The van der Waals surface area contributed by atoms with Crippen LogP contribution in [0.25, 0.3) is 0 Å². The monoisotopic (exact) mass is 251 g/mol. The fraction of sp³-hybridized carbons (Fsp3) is 0.571. The summed E-state index contributed by atoms with van der Waals surface area (Å²) < 4.78 is 18.1. The predicted octanol–water partition coefficient (Wildman–Crippen LogP) is 3.20. The standard InChI is InChI=1S/C14H18FNO2/c1-10-3-2-4-11(7-10)9-18-14(17)12-5-6-16-13(15)8-12/h5-6,8,10-11H,2-4,7,9H2,1H3. The van der Waals surface area contributed by atoms with Gasteiger partial charge in [-0.05, 0) is 30.7 Å². The van der Waals surface area contributed by atoms with Crippen LogP contribution in [0.5, 0.6) is 0 Å². The van der Waals surface area contributed by atoms with E-state index in [1.54, 1.807) is 0 Å². The van der Waals surface area contributed by atoms with Crippen molar-refractivity contribution in [2.75, 3.05) is 6.61 Å². The highest BCUT2D eigenvalue weighted by molar-refractivity contribution is 5.89. The zero-order valence-corrected chi connectivity index (χ0v) is 10.6. The van der Waals surface area contributed by atoms with Crippen LogP contribution in [0.2, 0.25) is 0 Å². The molecule has 0 saturated heterocycles. The lowest BCUT2D eigenvalue weighted by molar-refractivity contribution is 0.0390. The van der Waals surface area contributed by atoms with Gasteiger partial charge in [-0.2, -0.15) is 4.39 Å². The van der Waals surface area contributed by atoms with Gasteiger partial charge in [-0.3, -0.25) is 0 Å². The van der Waals surface area contributed by atoms with Crippen LogP contribution in [0.15, 0.2) is 18.3 Å². The molecule has 0 aromatic carbocycles. The Balaban J connectivity index is 1.84. The quantitative estimate of drug-likeness (QED) is 0.611. The highest BCUT2D eigenvalue weighted by atomic mass is 19.1. The second-order valence-electron chi connectivity index (χ2n) is 5.10. The predicted molar refractivity (Wildman–Crippen MR) is 65.6 cm³/mol. The molecule has 1 aromatic heterocycles. The molecule has 2 atom stereocenters. The van der Waals surface area contributed by atoms with Crippen molar-refractivity contribution in [3.63, 3.8) is 0 Å². The average molecular weight is 251 g/mol. The zero-order valence-electron chi connectivity index (χ0n) is 10.6. The SMILES string of the molecule is CC1CCCC(COC(=O)c2ccnc(F)c2)C1. The van der Waals surface area contributed by atoms with Crippen molar-refractivity contribution in [1.29, 1.82) is 0 Å². The first-order valence-corrected chi connectivity index (χ1v) is 6.44. The molecule has 98 valence electrons. The normalized spacial score (nSPS) is 23.7. The Kier molecular flexibility index (Phi) is 4.28. The molecule has 0 spiro atoms. The zero-order chi connectivity index (χ0) is 13.0. The smallest absolute Gasteiger partial charge is 0.338 e. The van der Waals surface area contributed by atoms with E-state index >= 15 is 0 Å². The minimum absolute atomic E-state index is 0.228. The van der Waals surface area contributed by atoms with E-state index in [1.807, 2.05) is 0 Å². The first-order chi connectivity index (χ1) is 8.65. The van der Waals surface area contributed by atoms with Gasteiger partial charge in [-0.1, -0.05) is 19.8 Å². The Morgan fingerprint density at radius 3 is 3.11 bits per heavy atom. The summed E-state index contributed by atoms with van der Waals surface area (Å²) in [7, 11) is 0. The summed E-state index contributed by atoms with van der Waals surface area (Å²) in [6.07, 6.45) is 5.96. The molecule has 1 aromatic rings. The molecule has 1 saturated carbocycles. The van der Waals surface area contributed by atoms with Crippen molar-refractivity contribution in [3.05, 3.63) is 29.8 Å². The molecular weight excluding hydrogens is 233 g/mol. The van der Waals surface area contributed by atoms with Crippen LogP contribution in [0.3, 0.4) is 0 Å². The van der Waals surface area contributed by atoms with Gasteiger partial charge in [0.15, 0.2) is 0 Å². The Labute approximate surface area is 106 Å². The van der Waals surface area contributed by atoms with E-state index in [4.69, 9.17) is 4.74 Å². The molecule has 0 bridgehead atoms. The fourth-order valence-corrected chi connectivity index (χ4v) is 2.52. The summed E-state index contributed by atoms with van der Waals surface area (Å²) in [5, 5.41) is 0. The van der Waals surface area contributed by atoms with E-state index < -0.39 is 11.9 Å². The van der Waals surface area contributed by atoms with Gasteiger partial charge in [0, 0.05) is 12.3 Å². The minimum atomic E-state index is -0.657. The van der Waals surface area contributed by atoms with E-state index in [9.17, 15) is 9.18 Å². The molecule has 0 N–H and O–H groups in total. The third kappa shape index (κ3) is 3.52. The van der Waals surface area contributed by atoms with Crippen LogP contribution < -0.4 is 0 Å². The molecule has 0 aliphatic heterocycles. The molecule has 0 radical (unpaired) electrons. The summed E-state index contributed by atoms with van der Waals surface area (Å²) in [5.41, 5.74) is 0.228. The van der Waals surface area contributed by atoms with Crippen molar-refractivity contribution in [3.8, 4) is 0 Å². The Bertz CT molecular complexity index is 422. The number of hydrogen-bond donors (Lipinski definition) is 0. The second-order valence-corrected chi connectivity index (χ2v) is 5.10. The van der Waals surface area contributed by atoms with E-state index in [2.05, 4.69) is 11.9 Å². The van der Waals surface area contributed by atoms with Crippen molar-refractivity contribution >= 4 is 5.97 Å². The number of rotatable bonds is 3. The fourth-order valence-electron chi connectivity index (χ4n) is 2.52. The Hall–Kier alpha value is -1.45. The number of carbonyl (C=O) groups excluding carboxylic acids is 1. The van der Waals surface area contributed by atoms with E-state index in [0.717, 1.165) is 18.9 Å². The molecule has 3 nitrogen and oxygen atoms in total. The van der Waals surface area contributed by atoms with Crippen LogP contribution in [0, 0.1) is 17.8 Å². The first-order valence-electron chi connectivity index (χ1n) is 6.44. The lowest BCUT2D eigenvalue weighted by atomic mass is 9.83. The number of pyridine rings is 1. The molecule has 2 rings (SSSR count). The van der Waals surface area contributed by atoms with Crippen LogP contribution in [0.1, 0.15) is 43.0 Å². The third-order valence-corrected chi connectivity index (χ3v) is 3.46. The van der Waals surface area contributed by atoms with Gasteiger partial charge in [0.25, 0.3) is 0 Å². The lowest BCUT2D eigenvalue weighted by Gasteiger charge is -2.26. The molecule has 1 fully saturated rings. The topological polar surface area (TPSA) is 39.2 Å². The van der Waals surface area contributed by atoms with E-state index in [1.165, 1.54) is 25.1 Å². The number of carbonyl (C=O) groups is 1. The summed E-state index contributed by atoms with van der Waals surface area (Å²) >= 11 is 0. The molecule has 1 aliphatic rings. The van der Waals surface area contributed by atoms with Crippen LogP contribution in [-0.2, 0) is 4.74 Å². The van der Waals surface area contributed by atoms with Gasteiger partial charge in [-0.25, -0.2) is 9.78 Å². The third-order valence-electron chi connectivity index (χ3n) is 3.46. The molecule has 4 heteroatoms. The highest BCUT2D eigenvalue weighted by Gasteiger charge is 2.20. The molecular formula is C14H18FNO2. The van der Waals surface area contributed by atoms with Crippen molar-refractivity contribution in [2.45, 2.75) is 32.6 Å². The summed E-state index contributed by atoms with van der Waals surface area (Å²) in [6.45, 7) is 2.67. The van der Waals surface area contributed by atoms with E-state index in [0.29, 0.717) is 18.4 Å². The van der Waals surface area contributed by atoms with Gasteiger partial charge in [0.1, 0.15) is 0 Å². The number of aromatic nitrogens is 1. The first kappa shape index (κ1) is 13.0. The molecule has 0 amide bonds. The molecule has 1 aliphatic carbocycles. The second kappa shape index (κ2) is 5.94. The highest BCUT2D eigenvalue weighted by Crippen LogP contribution is 2.28. The number of ether oxygens (including phenoxy) is 1. The van der Waals surface area contributed by atoms with Gasteiger partial charge in [0.2, 0.25) is 5.95 Å². The molecule has 2 unspecified atom stereocenters. The van der Waals surface area contributed by atoms with Crippen molar-refractivity contribution < 1.29 is 13.9 Å². The number of halogens is 1.